The third kappa shape index (κ3) is 2.38. The van der Waals surface area contributed by atoms with Gasteiger partial charge < -0.3 is 10.2 Å². The van der Waals surface area contributed by atoms with Crippen molar-refractivity contribution in [2.75, 3.05) is 13.1 Å². The van der Waals surface area contributed by atoms with Gasteiger partial charge in [-0.05, 0) is 19.3 Å². The number of alkyl halides is 4. The van der Waals surface area contributed by atoms with Gasteiger partial charge >= 0.3 is 12.3 Å². The van der Waals surface area contributed by atoms with Crippen LogP contribution in [0.3, 0.4) is 0 Å². The fraction of sp³-hybridized carbons (Fsp3) is 0.900. The lowest BCUT2D eigenvalue weighted by molar-refractivity contribution is -0.180. The topological polar surface area (TPSA) is 32.3 Å². The maximum absolute atomic E-state index is 12.9. The molecule has 0 radical (unpaired) electrons. The molecule has 17 heavy (non-hydrogen) atoms. The van der Waals surface area contributed by atoms with Gasteiger partial charge in [-0.1, -0.05) is 0 Å². The second-order valence-corrected chi connectivity index (χ2v) is 4.60. The van der Waals surface area contributed by atoms with Gasteiger partial charge in [0.05, 0.1) is 0 Å². The molecule has 0 aliphatic carbocycles. The van der Waals surface area contributed by atoms with Crippen molar-refractivity contribution in [2.45, 2.75) is 43.7 Å². The second kappa shape index (κ2) is 4.44. The van der Waals surface area contributed by atoms with E-state index in [0.29, 0.717) is 6.42 Å². The smallest absolute Gasteiger partial charge is 0.336 e. The van der Waals surface area contributed by atoms with Crippen LogP contribution in [0.1, 0.15) is 19.3 Å². The normalized spacial score (nSPS) is 29.6. The maximum atomic E-state index is 12.9. The van der Waals surface area contributed by atoms with Gasteiger partial charge in [-0.25, -0.2) is 8.78 Å². The zero-order chi connectivity index (χ0) is 12.6. The monoisotopic (exact) mass is 254 g/mol. The number of amides is 1. The first-order valence-electron chi connectivity index (χ1n) is 5.62. The third-order valence-electron chi connectivity index (χ3n) is 3.37. The molecule has 3 nitrogen and oxygen atoms in total. The van der Waals surface area contributed by atoms with Gasteiger partial charge in [-0.15, -0.1) is 0 Å². The standard InChI is InChI=1S/C10H14F4N2O/c11-8(12)10(13,14)9(17)16-4-3-6-1-2-7(5-16)15-6/h6-8,15H,1-5H2. The molecule has 2 rings (SSSR count). The van der Waals surface area contributed by atoms with Crippen LogP contribution in [-0.4, -0.2) is 48.3 Å². The third-order valence-corrected chi connectivity index (χ3v) is 3.37. The molecule has 0 aromatic rings. The minimum atomic E-state index is -4.57. The molecule has 98 valence electrons. The number of nitrogens with one attached hydrogen (secondary N) is 1. The highest BCUT2D eigenvalue weighted by atomic mass is 19.3. The van der Waals surface area contributed by atoms with Crippen LogP contribution in [0, 0.1) is 0 Å². The van der Waals surface area contributed by atoms with E-state index in [2.05, 4.69) is 5.32 Å². The first kappa shape index (κ1) is 12.6. The number of carbonyl (C=O) groups excluding carboxylic acids is 1. The number of hydrogen-bond acceptors (Lipinski definition) is 2. The number of halogens is 4. The highest BCUT2D eigenvalue weighted by Crippen LogP contribution is 2.28. The van der Waals surface area contributed by atoms with Crippen LogP contribution < -0.4 is 5.32 Å². The van der Waals surface area contributed by atoms with E-state index in [0.717, 1.165) is 17.7 Å². The maximum Gasteiger partial charge on any atom is 0.383 e. The zero-order valence-corrected chi connectivity index (χ0v) is 9.13. The summed E-state index contributed by atoms with van der Waals surface area (Å²) < 4.78 is 50.1. The Morgan fingerprint density at radius 1 is 1.24 bits per heavy atom. The molecule has 2 fully saturated rings. The highest BCUT2D eigenvalue weighted by Gasteiger charge is 2.51. The average Bonchev–Trinajstić information content (AvgIpc) is 2.57. The van der Waals surface area contributed by atoms with Crippen LogP contribution in [0.25, 0.3) is 0 Å². The van der Waals surface area contributed by atoms with Gasteiger partial charge in [0.25, 0.3) is 5.91 Å². The fourth-order valence-corrected chi connectivity index (χ4v) is 2.43. The molecule has 0 saturated carbocycles. The Morgan fingerprint density at radius 2 is 1.88 bits per heavy atom. The minimum absolute atomic E-state index is 0.0417. The molecule has 2 aliphatic rings. The van der Waals surface area contributed by atoms with Crippen molar-refractivity contribution in [1.82, 2.24) is 10.2 Å². The van der Waals surface area contributed by atoms with E-state index in [4.69, 9.17) is 0 Å². The van der Waals surface area contributed by atoms with Crippen molar-refractivity contribution in [3.05, 3.63) is 0 Å². The Balaban J connectivity index is 2.05. The Hall–Kier alpha value is -0.850. The molecule has 0 spiro atoms. The van der Waals surface area contributed by atoms with E-state index in [1.54, 1.807) is 0 Å². The first-order valence-corrected chi connectivity index (χ1v) is 5.62. The van der Waals surface area contributed by atoms with Crippen molar-refractivity contribution in [2.24, 2.45) is 0 Å². The van der Waals surface area contributed by atoms with Crippen LogP contribution in [0.2, 0.25) is 0 Å². The van der Waals surface area contributed by atoms with Crippen LogP contribution in [-0.2, 0) is 4.79 Å². The van der Waals surface area contributed by atoms with Crippen molar-refractivity contribution in [3.8, 4) is 0 Å². The summed E-state index contributed by atoms with van der Waals surface area (Å²) in [7, 11) is 0. The number of hydrogen-bond donors (Lipinski definition) is 1. The summed E-state index contributed by atoms with van der Waals surface area (Å²) in [6.07, 6.45) is -1.64. The summed E-state index contributed by atoms with van der Waals surface area (Å²) in [4.78, 5) is 12.2. The summed E-state index contributed by atoms with van der Waals surface area (Å²) in [5.74, 6) is -6.31. The van der Waals surface area contributed by atoms with Crippen LogP contribution in [0.4, 0.5) is 17.6 Å². The van der Waals surface area contributed by atoms with E-state index in [9.17, 15) is 22.4 Å². The van der Waals surface area contributed by atoms with E-state index in [-0.39, 0.29) is 25.2 Å². The van der Waals surface area contributed by atoms with Gasteiger partial charge in [0.2, 0.25) is 0 Å². The molecule has 2 aliphatic heterocycles. The van der Waals surface area contributed by atoms with Gasteiger partial charge in [0.15, 0.2) is 0 Å². The van der Waals surface area contributed by atoms with Crippen molar-refractivity contribution < 1.29 is 22.4 Å². The van der Waals surface area contributed by atoms with E-state index in [1.165, 1.54) is 0 Å². The predicted molar refractivity (Wildman–Crippen MR) is 52.1 cm³/mol. The average molecular weight is 254 g/mol. The molecule has 1 amide bonds. The summed E-state index contributed by atoms with van der Waals surface area (Å²) in [5.41, 5.74) is 0. The Bertz CT molecular complexity index is 311. The summed E-state index contributed by atoms with van der Waals surface area (Å²) >= 11 is 0. The molecule has 1 N–H and O–H groups in total. The molecular formula is C10H14F4N2O. The Morgan fingerprint density at radius 3 is 2.53 bits per heavy atom. The number of fused-ring (bicyclic) bond motifs is 2. The van der Waals surface area contributed by atoms with Crippen molar-refractivity contribution in [3.63, 3.8) is 0 Å². The van der Waals surface area contributed by atoms with Gasteiger partial charge in [-0.2, -0.15) is 8.78 Å². The van der Waals surface area contributed by atoms with E-state index >= 15 is 0 Å². The van der Waals surface area contributed by atoms with Crippen molar-refractivity contribution >= 4 is 5.91 Å². The molecule has 2 saturated heterocycles. The van der Waals surface area contributed by atoms with Gasteiger partial charge in [-0.3, -0.25) is 4.79 Å². The van der Waals surface area contributed by atoms with Gasteiger partial charge in [0.1, 0.15) is 0 Å². The van der Waals surface area contributed by atoms with E-state index in [1.807, 2.05) is 0 Å². The molecule has 0 aromatic heterocycles. The minimum Gasteiger partial charge on any atom is -0.336 e. The molecule has 0 aromatic carbocycles. The summed E-state index contributed by atoms with van der Waals surface area (Å²) in [6, 6.07) is 0.179. The van der Waals surface area contributed by atoms with Crippen LogP contribution in [0.5, 0.6) is 0 Å². The van der Waals surface area contributed by atoms with Crippen LogP contribution in [0.15, 0.2) is 0 Å². The number of carbonyl (C=O) groups is 1. The summed E-state index contributed by atoms with van der Waals surface area (Å²) in [5, 5.41) is 3.19. The number of rotatable bonds is 2. The molecule has 2 atom stereocenters. The largest absolute Gasteiger partial charge is 0.383 e. The molecule has 7 heteroatoms. The lowest BCUT2D eigenvalue weighted by atomic mass is 10.1. The van der Waals surface area contributed by atoms with Crippen LogP contribution >= 0.6 is 0 Å². The number of nitrogens with zero attached hydrogens (tertiary/aromatic N) is 1. The second-order valence-electron chi connectivity index (χ2n) is 4.60. The quantitative estimate of drug-likeness (QED) is 0.752. The SMILES string of the molecule is O=C(N1CCC2CCC(C1)N2)C(F)(F)C(F)F. The number of likely N-dealkylation sites (tertiary alicyclic amines) is 1. The van der Waals surface area contributed by atoms with Gasteiger partial charge in [0, 0.05) is 25.2 Å². The predicted octanol–water partition coefficient (Wildman–Crippen LogP) is 1.24. The summed E-state index contributed by atoms with van der Waals surface area (Å²) in [6.45, 7) is 0.215. The molecular weight excluding hydrogens is 240 g/mol. The highest BCUT2D eigenvalue weighted by molar-refractivity contribution is 5.84. The molecule has 2 unspecified atom stereocenters. The fourth-order valence-electron chi connectivity index (χ4n) is 2.43. The zero-order valence-electron chi connectivity index (χ0n) is 9.13. The van der Waals surface area contributed by atoms with E-state index < -0.39 is 18.3 Å². The molecule has 2 heterocycles. The molecule has 2 bridgehead atoms. The Kier molecular flexibility index (Phi) is 3.29. The lowest BCUT2D eigenvalue weighted by Crippen LogP contribution is -2.50. The Labute approximate surface area is 96.1 Å². The lowest BCUT2D eigenvalue weighted by Gasteiger charge is -2.27. The van der Waals surface area contributed by atoms with Crippen molar-refractivity contribution in [1.29, 1.82) is 0 Å². The first-order chi connectivity index (χ1) is 7.91.